The van der Waals surface area contributed by atoms with Crippen molar-refractivity contribution >= 4 is 40.8 Å². The predicted octanol–water partition coefficient (Wildman–Crippen LogP) is 3.99. The SMILES string of the molecule is CCOC(=O)Nc1ccc2c(c1)N(C(=O)CCNC)c1ccccc1S2. The van der Waals surface area contributed by atoms with Gasteiger partial charge >= 0.3 is 6.09 Å². The van der Waals surface area contributed by atoms with Crippen molar-refractivity contribution in [1.82, 2.24) is 5.32 Å². The standard InChI is InChI=1S/C19H21N3O3S/c1-3-25-19(24)21-13-8-9-17-15(12-13)22(18(23)10-11-20-2)14-6-4-5-7-16(14)26-17/h4-9,12,20H,3,10-11H2,1-2H3,(H,21,24). The maximum atomic E-state index is 12.9. The molecule has 0 aliphatic carbocycles. The number of nitrogens with zero attached hydrogens (tertiary/aromatic N) is 1. The number of hydrogen-bond donors (Lipinski definition) is 2. The third kappa shape index (κ3) is 3.84. The Morgan fingerprint density at radius 3 is 2.65 bits per heavy atom. The minimum absolute atomic E-state index is 0.00151. The van der Waals surface area contributed by atoms with Crippen LogP contribution in [0.2, 0.25) is 0 Å². The van der Waals surface area contributed by atoms with Crippen LogP contribution in [0.25, 0.3) is 0 Å². The van der Waals surface area contributed by atoms with E-state index < -0.39 is 6.09 Å². The molecule has 6 nitrogen and oxygen atoms in total. The second kappa shape index (κ2) is 8.25. The zero-order valence-electron chi connectivity index (χ0n) is 14.7. The Bertz CT molecular complexity index is 825. The zero-order chi connectivity index (χ0) is 18.5. The largest absolute Gasteiger partial charge is 0.450 e. The van der Waals surface area contributed by atoms with Crippen LogP contribution in [0.15, 0.2) is 52.3 Å². The lowest BCUT2D eigenvalue weighted by Crippen LogP contribution is -2.30. The molecule has 2 aromatic carbocycles. The second-order valence-corrected chi connectivity index (χ2v) is 6.76. The minimum Gasteiger partial charge on any atom is -0.450 e. The quantitative estimate of drug-likeness (QED) is 0.831. The maximum absolute atomic E-state index is 12.9. The smallest absolute Gasteiger partial charge is 0.411 e. The van der Waals surface area contributed by atoms with Crippen molar-refractivity contribution in [1.29, 1.82) is 0 Å². The third-order valence-corrected chi connectivity index (χ3v) is 5.02. The van der Waals surface area contributed by atoms with Crippen molar-refractivity contribution in [3.63, 3.8) is 0 Å². The molecule has 0 bridgehead atoms. The van der Waals surface area contributed by atoms with Crippen molar-refractivity contribution in [2.45, 2.75) is 23.1 Å². The fraction of sp³-hybridized carbons (Fsp3) is 0.263. The van der Waals surface area contributed by atoms with Crippen LogP contribution >= 0.6 is 11.8 Å². The molecule has 26 heavy (non-hydrogen) atoms. The summed E-state index contributed by atoms with van der Waals surface area (Å²) in [6, 6.07) is 13.4. The number of benzene rings is 2. The molecule has 2 amide bonds. The van der Waals surface area contributed by atoms with E-state index in [1.165, 1.54) is 0 Å². The van der Waals surface area contributed by atoms with Crippen LogP contribution < -0.4 is 15.5 Å². The normalized spacial score (nSPS) is 12.2. The van der Waals surface area contributed by atoms with Crippen molar-refractivity contribution in [3.8, 4) is 0 Å². The van der Waals surface area contributed by atoms with Gasteiger partial charge in [0, 0.05) is 28.4 Å². The fourth-order valence-electron chi connectivity index (χ4n) is 2.73. The summed E-state index contributed by atoms with van der Waals surface area (Å²) in [7, 11) is 1.82. The molecule has 136 valence electrons. The van der Waals surface area contributed by atoms with E-state index in [0.717, 1.165) is 21.2 Å². The zero-order valence-corrected chi connectivity index (χ0v) is 15.6. The van der Waals surface area contributed by atoms with E-state index in [4.69, 9.17) is 4.74 Å². The molecule has 3 rings (SSSR count). The van der Waals surface area contributed by atoms with Crippen LogP contribution in [-0.4, -0.2) is 32.2 Å². The monoisotopic (exact) mass is 371 g/mol. The molecule has 0 saturated carbocycles. The van der Waals surface area contributed by atoms with Crippen LogP contribution in [-0.2, 0) is 9.53 Å². The van der Waals surface area contributed by atoms with Crippen molar-refractivity contribution in [3.05, 3.63) is 42.5 Å². The van der Waals surface area contributed by atoms with Crippen LogP contribution in [0.1, 0.15) is 13.3 Å². The maximum Gasteiger partial charge on any atom is 0.411 e. The van der Waals surface area contributed by atoms with Gasteiger partial charge in [-0.25, -0.2) is 4.79 Å². The molecular formula is C19H21N3O3S. The molecule has 0 atom stereocenters. The summed E-state index contributed by atoms with van der Waals surface area (Å²) in [6.07, 6.45) is -0.130. The molecule has 1 heterocycles. The van der Waals surface area contributed by atoms with E-state index in [0.29, 0.717) is 25.3 Å². The molecule has 0 radical (unpaired) electrons. The number of carbonyl (C=O) groups excluding carboxylic acids is 2. The minimum atomic E-state index is -0.510. The Morgan fingerprint density at radius 2 is 1.88 bits per heavy atom. The average Bonchev–Trinajstić information content (AvgIpc) is 2.64. The van der Waals surface area contributed by atoms with Crippen molar-refractivity contribution < 1.29 is 14.3 Å². The van der Waals surface area contributed by atoms with E-state index in [1.54, 1.807) is 23.6 Å². The molecule has 1 aliphatic heterocycles. The summed E-state index contributed by atoms with van der Waals surface area (Å²) in [5, 5.41) is 5.71. The van der Waals surface area contributed by atoms with Crippen LogP contribution in [0.3, 0.4) is 0 Å². The van der Waals surface area contributed by atoms with E-state index in [-0.39, 0.29) is 5.91 Å². The number of nitrogens with one attached hydrogen (secondary N) is 2. The Morgan fingerprint density at radius 1 is 1.12 bits per heavy atom. The third-order valence-electron chi connectivity index (χ3n) is 3.89. The number of rotatable bonds is 5. The number of amides is 2. The van der Waals surface area contributed by atoms with E-state index in [9.17, 15) is 9.59 Å². The highest BCUT2D eigenvalue weighted by atomic mass is 32.2. The van der Waals surface area contributed by atoms with Crippen molar-refractivity contribution in [2.75, 3.05) is 30.4 Å². The van der Waals surface area contributed by atoms with Gasteiger partial charge in [0.15, 0.2) is 0 Å². The van der Waals surface area contributed by atoms with Gasteiger partial charge in [-0.2, -0.15) is 0 Å². The van der Waals surface area contributed by atoms with Crippen LogP contribution in [0.4, 0.5) is 21.9 Å². The lowest BCUT2D eigenvalue weighted by molar-refractivity contribution is -0.117. The number of hydrogen-bond acceptors (Lipinski definition) is 5. The second-order valence-electron chi connectivity index (χ2n) is 5.68. The number of para-hydroxylation sites is 1. The average molecular weight is 371 g/mol. The number of fused-ring (bicyclic) bond motifs is 2. The lowest BCUT2D eigenvalue weighted by atomic mass is 10.2. The van der Waals surface area contributed by atoms with Crippen LogP contribution in [0.5, 0.6) is 0 Å². The first-order valence-electron chi connectivity index (χ1n) is 8.46. The fourth-order valence-corrected chi connectivity index (χ4v) is 3.77. The summed E-state index contributed by atoms with van der Waals surface area (Å²) < 4.78 is 4.93. The van der Waals surface area contributed by atoms with Crippen molar-refractivity contribution in [2.24, 2.45) is 0 Å². The highest BCUT2D eigenvalue weighted by molar-refractivity contribution is 7.99. The number of anilines is 3. The molecule has 7 heteroatoms. The Hall–Kier alpha value is -2.51. The van der Waals surface area contributed by atoms with Gasteiger partial charge in [-0.15, -0.1) is 0 Å². The Balaban J connectivity index is 1.98. The number of carbonyl (C=O) groups is 2. The van der Waals surface area contributed by atoms with Crippen LogP contribution in [0, 0.1) is 0 Å². The Kier molecular flexibility index (Phi) is 5.80. The van der Waals surface area contributed by atoms with E-state index in [1.807, 2.05) is 49.5 Å². The molecule has 2 aromatic rings. The first kappa shape index (κ1) is 18.3. The van der Waals surface area contributed by atoms with Gasteiger partial charge in [-0.05, 0) is 44.3 Å². The molecule has 0 unspecified atom stereocenters. The lowest BCUT2D eigenvalue weighted by Gasteiger charge is -2.31. The summed E-state index contributed by atoms with van der Waals surface area (Å²) in [5.41, 5.74) is 2.22. The molecule has 0 spiro atoms. The molecule has 0 saturated heterocycles. The Labute approximate surface area is 156 Å². The van der Waals surface area contributed by atoms with Gasteiger partial charge in [0.1, 0.15) is 0 Å². The first-order valence-corrected chi connectivity index (χ1v) is 9.28. The van der Waals surface area contributed by atoms with E-state index >= 15 is 0 Å². The summed E-state index contributed by atoms with van der Waals surface area (Å²) in [5.74, 6) is 0.00151. The molecule has 0 fully saturated rings. The van der Waals surface area contributed by atoms with Gasteiger partial charge < -0.3 is 10.1 Å². The van der Waals surface area contributed by atoms with E-state index in [2.05, 4.69) is 10.6 Å². The van der Waals surface area contributed by atoms with Gasteiger partial charge in [0.05, 0.1) is 18.0 Å². The summed E-state index contributed by atoms with van der Waals surface area (Å²) in [6.45, 7) is 2.65. The highest BCUT2D eigenvalue weighted by Crippen LogP contribution is 2.49. The molecule has 2 N–H and O–H groups in total. The van der Waals surface area contributed by atoms with Gasteiger partial charge in [-0.3, -0.25) is 15.0 Å². The summed E-state index contributed by atoms with van der Waals surface area (Å²) >= 11 is 1.61. The first-order chi connectivity index (χ1) is 12.6. The topological polar surface area (TPSA) is 70.7 Å². The van der Waals surface area contributed by atoms with Gasteiger partial charge in [-0.1, -0.05) is 23.9 Å². The molecule has 0 aromatic heterocycles. The predicted molar refractivity (Wildman–Crippen MR) is 103 cm³/mol. The number of ether oxygens (including phenoxy) is 1. The van der Waals surface area contributed by atoms with Gasteiger partial charge in [0.25, 0.3) is 0 Å². The molecule has 1 aliphatic rings. The molecular weight excluding hydrogens is 350 g/mol. The van der Waals surface area contributed by atoms with Gasteiger partial charge in [0.2, 0.25) is 5.91 Å². The summed E-state index contributed by atoms with van der Waals surface area (Å²) in [4.78, 5) is 28.3. The highest BCUT2D eigenvalue weighted by Gasteiger charge is 2.28.